The molecule has 1 aliphatic rings. The second kappa shape index (κ2) is 10.4. The number of hydrogen-bond donors (Lipinski definition) is 0. The van der Waals surface area contributed by atoms with Gasteiger partial charge in [-0.1, -0.05) is 115 Å². The first-order valence-corrected chi connectivity index (χ1v) is 12.5. The maximum absolute atomic E-state index is 14.0. The number of esters is 1. The van der Waals surface area contributed by atoms with Crippen molar-refractivity contribution >= 4 is 23.4 Å². The van der Waals surface area contributed by atoms with Crippen LogP contribution in [0.25, 0.3) is 0 Å². The summed E-state index contributed by atoms with van der Waals surface area (Å²) >= 11 is 6.28. The first-order chi connectivity index (χ1) is 17.6. The topological polar surface area (TPSA) is 41.9 Å². The Morgan fingerprint density at radius 1 is 0.861 bits per heavy atom. The van der Waals surface area contributed by atoms with Gasteiger partial charge in [0.05, 0.1) is 12.6 Å². The quantitative estimate of drug-likeness (QED) is 0.265. The lowest BCUT2D eigenvalue weighted by molar-refractivity contribution is -0.151. The molecule has 4 aromatic carbocycles. The second-order valence-electron chi connectivity index (χ2n) is 8.72. The van der Waals surface area contributed by atoms with E-state index in [9.17, 15) is 4.79 Å². The van der Waals surface area contributed by atoms with Crippen molar-refractivity contribution in [1.82, 2.24) is 4.90 Å². The molecule has 0 N–H and O–H groups in total. The zero-order valence-corrected chi connectivity index (χ0v) is 20.8. The number of nitrogens with zero attached hydrogens (tertiary/aromatic N) is 2. The minimum Gasteiger partial charge on any atom is -0.464 e. The molecule has 0 saturated heterocycles. The first-order valence-electron chi connectivity index (χ1n) is 12.1. The summed E-state index contributed by atoms with van der Waals surface area (Å²) in [5.74, 6) is 0.372. The summed E-state index contributed by atoms with van der Waals surface area (Å²) in [6.07, 6.45) is 0. The fraction of sp³-hybridized carbons (Fsp3) is 0.161. The predicted octanol–water partition coefficient (Wildman–Crippen LogP) is 6.80. The fourth-order valence-corrected chi connectivity index (χ4v) is 5.03. The summed E-state index contributed by atoms with van der Waals surface area (Å²) in [6, 6.07) is 37.2. The Kier molecular flexibility index (Phi) is 6.88. The number of amidine groups is 1. The highest BCUT2D eigenvalue weighted by molar-refractivity contribution is 6.30. The largest absolute Gasteiger partial charge is 0.464 e. The minimum atomic E-state index is -1.30. The average molecular weight is 495 g/mol. The average Bonchev–Trinajstić information content (AvgIpc) is 3.27. The molecule has 4 aromatic rings. The molecule has 2 atom stereocenters. The molecule has 0 saturated carbocycles. The number of hydrogen-bond acceptors (Lipinski definition) is 4. The Morgan fingerprint density at radius 3 is 2.06 bits per heavy atom. The van der Waals surface area contributed by atoms with E-state index in [2.05, 4.69) is 17.0 Å². The normalized spacial score (nSPS) is 19.1. The van der Waals surface area contributed by atoms with Crippen molar-refractivity contribution in [2.24, 2.45) is 4.99 Å². The Bertz CT molecular complexity index is 1340. The van der Waals surface area contributed by atoms with Crippen LogP contribution in [-0.2, 0) is 21.6 Å². The van der Waals surface area contributed by atoms with Crippen molar-refractivity contribution in [2.45, 2.75) is 25.0 Å². The van der Waals surface area contributed by atoms with Crippen molar-refractivity contribution in [2.75, 3.05) is 6.61 Å². The van der Waals surface area contributed by atoms with Gasteiger partial charge in [-0.2, -0.15) is 0 Å². The van der Waals surface area contributed by atoms with Gasteiger partial charge in [-0.25, -0.2) is 9.79 Å². The second-order valence-corrected chi connectivity index (χ2v) is 9.16. The number of ether oxygens (including phenoxy) is 1. The van der Waals surface area contributed by atoms with Gasteiger partial charge in [-0.05, 0) is 35.7 Å². The van der Waals surface area contributed by atoms with Crippen LogP contribution in [0.5, 0.6) is 0 Å². The van der Waals surface area contributed by atoms with Crippen LogP contribution in [0.2, 0.25) is 5.02 Å². The molecule has 0 bridgehead atoms. The van der Waals surface area contributed by atoms with Crippen molar-refractivity contribution in [3.05, 3.63) is 143 Å². The standard InChI is InChI=1S/C31H27ClN2O2/c1-2-36-30(35)31(26-16-10-5-11-17-26)28(24-18-20-27(32)21-19-24)34(22-23-12-6-3-7-13-23)29(33-31)25-14-8-4-9-15-25/h3-21,28H,2,22H2,1H3/t28-,31-/m1/s1. The molecule has 0 aromatic heterocycles. The molecular formula is C31H27ClN2O2. The third-order valence-electron chi connectivity index (χ3n) is 6.48. The van der Waals surface area contributed by atoms with E-state index < -0.39 is 11.6 Å². The number of rotatable bonds is 7. The van der Waals surface area contributed by atoms with Crippen molar-refractivity contribution < 1.29 is 9.53 Å². The lowest BCUT2D eigenvalue weighted by Gasteiger charge is -2.37. The molecule has 0 spiro atoms. The van der Waals surface area contributed by atoms with E-state index in [1.54, 1.807) is 0 Å². The summed E-state index contributed by atoms with van der Waals surface area (Å²) in [7, 11) is 0. The van der Waals surface area contributed by atoms with Crippen molar-refractivity contribution in [3.8, 4) is 0 Å². The predicted molar refractivity (Wildman–Crippen MR) is 144 cm³/mol. The highest BCUT2D eigenvalue weighted by atomic mass is 35.5. The third-order valence-corrected chi connectivity index (χ3v) is 6.73. The van der Waals surface area contributed by atoms with Gasteiger partial charge in [0, 0.05) is 17.1 Å². The lowest BCUT2D eigenvalue weighted by Crippen LogP contribution is -2.44. The van der Waals surface area contributed by atoms with Crippen LogP contribution in [0.4, 0.5) is 0 Å². The summed E-state index contributed by atoms with van der Waals surface area (Å²) in [5, 5.41) is 0.636. The number of benzene rings is 4. The molecular weight excluding hydrogens is 468 g/mol. The zero-order chi connectivity index (χ0) is 25.0. The molecule has 1 heterocycles. The maximum Gasteiger partial charge on any atom is 0.341 e. The molecule has 0 radical (unpaired) electrons. The van der Waals surface area contributed by atoms with Gasteiger partial charge in [-0.15, -0.1) is 0 Å². The van der Waals surface area contributed by atoms with Crippen LogP contribution >= 0.6 is 11.6 Å². The Hall–Kier alpha value is -3.89. The zero-order valence-electron chi connectivity index (χ0n) is 20.1. The Labute approximate surface area is 216 Å². The van der Waals surface area contributed by atoms with Gasteiger partial charge in [0.25, 0.3) is 0 Å². The van der Waals surface area contributed by atoms with Crippen LogP contribution < -0.4 is 0 Å². The molecule has 0 amide bonds. The number of aliphatic imine (C=N–C) groups is 1. The SMILES string of the molecule is CCOC(=O)[C@]1(c2ccccc2)N=C(c2ccccc2)N(Cc2ccccc2)[C@@H]1c1ccc(Cl)cc1. The number of carbonyl (C=O) groups is 1. The van der Waals surface area contributed by atoms with E-state index in [0.717, 1.165) is 28.1 Å². The molecule has 5 rings (SSSR count). The summed E-state index contributed by atoms with van der Waals surface area (Å²) in [4.78, 5) is 21.5. The number of halogens is 1. The smallest absolute Gasteiger partial charge is 0.341 e. The molecule has 4 nitrogen and oxygen atoms in total. The van der Waals surface area contributed by atoms with Crippen molar-refractivity contribution in [1.29, 1.82) is 0 Å². The van der Waals surface area contributed by atoms with E-state index in [-0.39, 0.29) is 12.6 Å². The monoisotopic (exact) mass is 494 g/mol. The Morgan fingerprint density at radius 2 is 1.44 bits per heavy atom. The first kappa shape index (κ1) is 23.8. The van der Waals surface area contributed by atoms with Gasteiger partial charge in [0.1, 0.15) is 5.84 Å². The molecule has 0 fully saturated rings. The molecule has 5 heteroatoms. The molecule has 0 unspecified atom stereocenters. The van der Waals surface area contributed by atoms with Crippen LogP contribution in [0.3, 0.4) is 0 Å². The van der Waals surface area contributed by atoms with Crippen LogP contribution in [0.1, 0.15) is 35.2 Å². The van der Waals surface area contributed by atoms with Gasteiger partial charge in [0.2, 0.25) is 5.54 Å². The van der Waals surface area contributed by atoms with E-state index in [1.165, 1.54) is 0 Å². The summed E-state index contributed by atoms with van der Waals surface area (Å²) < 4.78 is 5.74. The maximum atomic E-state index is 14.0. The molecule has 36 heavy (non-hydrogen) atoms. The van der Waals surface area contributed by atoms with Crippen LogP contribution in [-0.4, -0.2) is 23.3 Å². The number of carbonyl (C=O) groups excluding carboxylic acids is 1. The summed E-state index contributed by atoms with van der Waals surface area (Å²) in [5.41, 5.74) is 2.47. The van der Waals surface area contributed by atoms with E-state index in [1.807, 2.05) is 110 Å². The van der Waals surface area contributed by atoms with Gasteiger partial charge in [0.15, 0.2) is 0 Å². The lowest BCUT2D eigenvalue weighted by atomic mass is 9.79. The minimum absolute atomic E-state index is 0.260. The molecule has 0 aliphatic carbocycles. The van der Waals surface area contributed by atoms with Crippen molar-refractivity contribution in [3.63, 3.8) is 0 Å². The van der Waals surface area contributed by atoms with E-state index in [0.29, 0.717) is 11.6 Å². The molecule has 180 valence electrons. The van der Waals surface area contributed by atoms with E-state index >= 15 is 0 Å². The highest BCUT2D eigenvalue weighted by Gasteiger charge is 2.57. The van der Waals surface area contributed by atoms with Gasteiger partial charge >= 0.3 is 5.97 Å². The van der Waals surface area contributed by atoms with Gasteiger partial charge in [-0.3, -0.25) is 0 Å². The van der Waals surface area contributed by atoms with Gasteiger partial charge < -0.3 is 9.64 Å². The fourth-order valence-electron chi connectivity index (χ4n) is 4.90. The highest BCUT2D eigenvalue weighted by Crippen LogP contribution is 2.50. The van der Waals surface area contributed by atoms with Crippen LogP contribution in [0.15, 0.2) is 120 Å². The van der Waals surface area contributed by atoms with Crippen LogP contribution in [0, 0.1) is 0 Å². The third kappa shape index (κ3) is 4.40. The Balaban J connectivity index is 1.79. The summed E-state index contributed by atoms with van der Waals surface area (Å²) in [6.45, 7) is 2.65. The van der Waals surface area contributed by atoms with E-state index in [4.69, 9.17) is 21.3 Å². The molecule has 1 aliphatic heterocycles.